The molecule has 0 unspecified atom stereocenters. The van der Waals surface area contributed by atoms with Crippen LogP contribution in [0.5, 0.6) is 23.0 Å². The minimum Gasteiger partial charge on any atom is -0.490 e. The maximum atomic E-state index is 12.7. The Labute approximate surface area is 227 Å². The van der Waals surface area contributed by atoms with Gasteiger partial charge in [-0.1, -0.05) is 36.7 Å². The lowest BCUT2D eigenvalue weighted by Crippen LogP contribution is -2.18. The lowest BCUT2D eigenvalue weighted by Gasteiger charge is -2.14. The molecule has 0 spiro atoms. The molecule has 0 fully saturated rings. The molecule has 1 N–H and O–H groups in total. The van der Waals surface area contributed by atoms with Crippen molar-refractivity contribution in [3.05, 3.63) is 76.8 Å². The molecule has 0 aliphatic heterocycles. The number of hydrazone groups is 1. The number of hydrogen-bond donors (Lipinski definition) is 1. The van der Waals surface area contributed by atoms with Gasteiger partial charge in [0.1, 0.15) is 4.90 Å². The summed E-state index contributed by atoms with van der Waals surface area (Å²) >= 11 is 6.36. The predicted molar refractivity (Wildman–Crippen MR) is 145 cm³/mol. The third-order valence-electron chi connectivity index (χ3n) is 4.90. The number of carbonyl (C=O) groups excluding carboxylic acids is 1. The molecule has 3 rings (SSSR count). The topological polar surface area (TPSA) is 113 Å². The van der Waals surface area contributed by atoms with Crippen LogP contribution in [-0.4, -0.2) is 40.4 Å². The summed E-state index contributed by atoms with van der Waals surface area (Å²) in [6, 6.07) is 15.5. The molecule has 0 bridgehead atoms. The van der Waals surface area contributed by atoms with Crippen molar-refractivity contribution in [2.75, 3.05) is 19.8 Å². The predicted octanol–water partition coefficient (Wildman–Crippen LogP) is 5.46. The van der Waals surface area contributed by atoms with Gasteiger partial charge in [-0.15, -0.1) is 0 Å². The minimum atomic E-state index is -4.14. The van der Waals surface area contributed by atoms with E-state index in [4.69, 9.17) is 30.0 Å². The Bertz CT molecular complexity index is 1380. The van der Waals surface area contributed by atoms with Gasteiger partial charge in [0.25, 0.3) is 5.91 Å². The first-order valence-electron chi connectivity index (χ1n) is 12.0. The maximum Gasteiger partial charge on any atom is 0.339 e. The molecule has 0 atom stereocenters. The molecule has 0 heterocycles. The van der Waals surface area contributed by atoms with Crippen LogP contribution in [0.3, 0.4) is 0 Å². The molecule has 202 valence electrons. The Morgan fingerprint density at radius 2 is 1.63 bits per heavy atom. The van der Waals surface area contributed by atoms with Crippen molar-refractivity contribution in [1.29, 1.82) is 0 Å². The molecule has 0 saturated carbocycles. The molecular formula is C27H29ClN2O7S. The third-order valence-corrected chi connectivity index (χ3v) is 6.42. The van der Waals surface area contributed by atoms with Gasteiger partial charge in [-0.3, -0.25) is 4.79 Å². The molecule has 0 radical (unpaired) electrons. The van der Waals surface area contributed by atoms with Gasteiger partial charge >= 0.3 is 10.1 Å². The van der Waals surface area contributed by atoms with Crippen LogP contribution in [0.2, 0.25) is 5.02 Å². The molecule has 3 aromatic carbocycles. The molecule has 0 saturated heterocycles. The monoisotopic (exact) mass is 560 g/mol. The zero-order valence-electron chi connectivity index (χ0n) is 21.3. The Morgan fingerprint density at radius 1 is 0.921 bits per heavy atom. The first kappa shape index (κ1) is 28.8. The number of ether oxygens (including phenoxy) is 3. The smallest absolute Gasteiger partial charge is 0.339 e. The third kappa shape index (κ3) is 7.62. The molecule has 38 heavy (non-hydrogen) atoms. The summed E-state index contributed by atoms with van der Waals surface area (Å²) < 4.78 is 47.5. The number of nitrogens with one attached hydrogen (secondary N) is 1. The van der Waals surface area contributed by atoms with Crippen LogP contribution in [0.1, 0.15) is 43.1 Å². The largest absolute Gasteiger partial charge is 0.490 e. The first-order valence-corrected chi connectivity index (χ1v) is 13.8. The van der Waals surface area contributed by atoms with Crippen LogP contribution < -0.4 is 23.8 Å². The number of amides is 1. The van der Waals surface area contributed by atoms with E-state index in [2.05, 4.69) is 10.5 Å². The van der Waals surface area contributed by atoms with E-state index in [1.807, 2.05) is 13.8 Å². The summed E-state index contributed by atoms with van der Waals surface area (Å²) in [7, 11) is -4.14. The summed E-state index contributed by atoms with van der Waals surface area (Å²) in [6.07, 6.45) is 2.19. The van der Waals surface area contributed by atoms with Crippen molar-refractivity contribution < 1.29 is 31.6 Å². The second-order valence-electron chi connectivity index (χ2n) is 7.76. The van der Waals surface area contributed by atoms with Gasteiger partial charge in [0.2, 0.25) is 5.75 Å². The molecule has 11 heteroatoms. The van der Waals surface area contributed by atoms with E-state index in [-0.39, 0.29) is 28.0 Å². The normalized spacial score (nSPS) is 11.3. The number of nitrogens with zero attached hydrogens (tertiary/aromatic N) is 1. The summed E-state index contributed by atoms with van der Waals surface area (Å²) in [5.74, 6) is 0.521. The molecule has 0 aromatic heterocycles. The number of hydrogen-bond acceptors (Lipinski definition) is 8. The van der Waals surface area contributed by atoms with Crippen molar-refractivity contribution in [3.8, 4) is 23.0 Å². The molecule has 0 aliphatic carbocycles. The zero-order chi connectivity index (χ0) is 27.5. The van der Waals surface area contributed by atoms with Crippen LogP contribution in [0.15, 0.2) is 70.7 Å². The summed E-state index contributed by atoms with van der Waals surface area (Å²) in [5, 5.41) is 3.98. The van der Waals surface area contributed by atoms with Crippen LogP contribution in [0.25, 0.3) is 0 Å². The highest BCUT2D eigenvalue weighted by molar-refractivity contribution is 7.87. The van der Waals surface area contributed by atoms with Gasteiger partial charge in [-0.25, -0.2) is 5.43 Å². The SMILES string of the molecule is CCCOc1ccc(C(=O)N/N=C/c2cc(Cl)c(OS(=O)(=O)c3ccccc3)c(OCC)c2)cc1OCC. The lowest BCUT2D eigenvalue weighted by atomic mass is 10.2. The number of halogens is 1. The summed E-state index contributed by atoms with van der Waals surface area (Å²) in [6.45, 7) is 6.76. The Morgan fingerprint density at radius 3 is 2.32 bits per heavy atom. The van der Waals surface area contributed by atoms with E-state index in [1.165, 1.54) is 30.5 Å². The molecule has 3 aromatic rings. The van der Waals surface area contributed by atoms with Gasteiger partial charge in [0.15, 0.2) is 17.2 Å². The van der Waals surface area contributed by atoms with Gasteiger partial charge < -0.3 is 18.4 Å². The van der Waals surface area contributed by atoms with Crippen molar-refractivity contribution in [1.82, 2.24) is 5.43 Å². The van der Waals surface area contributed by atoms with Crippen LogP contribution in [0.4, 0.5) is 0 Å². The molecule has 1 amide bonds. The van der Waals surface area contributed by atoms with Crippen molar-refractivity contribution >= 4 is 33.8 Å². The van der Waals surface area contributed by atoms with E-state index < -0.39 is 16.0 Å². The van der Waals surface area contributed by atoms with Crippen molar-refractivity contribution in [3.63, 3.8) is 0 Å². The van der Waals surface area contributed by atoms with Gasteiger partial charge in [0, 0.05) is 5.56 Å². The highest BCUT2D eigenvalue weighted by Gasteiger charge is 2.22. The van der Waals surface area contributed by atoms with Crippen molar-refractivity contribution in [2.24, 2.45) is 5.10 Å². The van der Waals surface area contributed by atoms with E-state index in [0.29, 0.717) is 35.8 Å². The van der Waals surface area contributed by atoms with Crippen molar-refractivity contribution in [2.45, 2.75) is 32.1 Å². The highest BCUT2D eigenvalue weighted by Crippen LogP contribution is 2.38. The lowest BCUT2D eigenvalue weighted by molar-refractivity contribution is 0.0954. The molecule has 0 aliphatic rings. The van der Waals surface area contributed by atoms with E-state index in [0.717, 1.165) is 6.42 Å². The number of benzene rings is 3. The Kier molecular flexibility index (Phi) is 10.4. The van der Waals surface area contributed by atoms with Gasteiger partial charge in [-0.2, -0.15) is 13.5 Å². The fraction of sp³-hybridized carbons (Fsp3) is 0.259. The maximum absolute atomic E-state index is 12.7. The van der Waals surface area contributed by atoms with Crippen LogP contribution >= 0.6 is 11.6 Å². The van der Waals surface area contributed by atoms with E-state index in [9.17, 15) is 13.2 Å². The fourth-order valence-corrected chi connectivity index (χ4v) is 4.51. The quantitative estimate of drug-likeness (QED) is 0.168. The molecular weight excluding hydrogens is 532 g/mol. The van der Waals surface area contributed by atoms with E-state index >= 15 is 0 Å². The average molecular weight is 561 g/mol. The average Bonchev–Trinajstić information content (AvgIpc) is 2.90. The number of carbonyl (C=O) groups is 1. The second-order valence-corrected chi connectivity index (χ2v) is 9.71. The zero-order valence-corrected chi connectivity index (χ0v) is 22.8. The Hall–Kier alpha value is -3.76. The summed E-state index contributed by atoms with van der Waals surface area (Å²) in [4.78, 5) is 12.6. The number of rotatable bonds is 13. The van der Waals surface area contributed by atoms with Gasteiger partial charge in [-0.05, 0) is 68.3 Å². The second kappa shape index (κ2) is 13.7. The minimum absolute atomic E-state index is 0.00717. The summed E-state index contributed by atoms with van der Waals surface area (Å²) in [5.41, 5.74) is 3.22. The highest BCUT2D eigenvalue weighted by atomic mass is 35.5. The van der Waals surface area contributed by atoms with E-state index in [1.54, 1.807) is 43.3 Å². The Balaban J connectivity index is 1.77. The first-order chi connectivity index (χ1) is 18.3. The fourth-order valence-electron chi connectivity index (χ4n) is 3.23. The van der Waals surface area contributed by atoms with Crippen LogP contribution in [-0.2, 0) is 10.1 Å². The van der Waals surface area contributed by atoms with Crippen LogP contribution in [0, 0.1) is 0 Å². The standard InChI is InChI=1S/C27H29ClN2O7S/c1-4-14-36-23-13-12-20(17-24(23)34-5-2)27(31)30-29-18-19-15-22(28)26(25(16-19)35-6-3)37-38(32,33)21-10-8-7-9-11-21/h7-13,15-18H,4-6,14H2,1-3H3,(H,30,31)/b29-18+. The van der Waals surface area contributed by atoms with Gasteiger partial charge in [0.05, 0.1) is 31.1 Å². The molecule has 9 nitrogen and oxygen atoms in total.